The maximum atomic E-state index is 13.7. The Kier molecular flexibility index (Phi) is 14.3. The number of carbonyl (C=O) groups is 5. The Morgan fingerprint density at radius 3 is 2.14 bits per heavy atom. The molecule has 5 amide bonds. The maximum absolute atomic E-state index is 13.7. The second-order valence-corrected chi connectivity index (χ2v) is 12.9. The van der Waals surface area contributed by atoms with Crippen molar-refractivity contribution in [3.63, 3.8) is 0 Å². The fraction of sp³-hybridized carbons (Fsp3) is 0.621. The van der Waals surface area contributed by atoms with Crippen LogP contribution in [-0.4, -0.2) is 63.5 Å². The smallest absolute Gasteiger partial charge is 0.404 e. The van der Waals surface area contributed by atoms with Crippen LogP contribution < -0.4 is 31.5 Å². The van der Waals surface area contributed by atoms with E-state index in [1.165, 1.54) is 31.2 Å². The van der Waals surface area contributed by atoms with Crippen molar-refractivity contribution < 1.29 is 42.8 Å². The van der Waals surface area contributed by atoms with Gasteiger partial charge in [0.1, 0.15) is 23.4 Å². The molecule has 0 bridgehead atoms. The lowest BCUT2D eigenvalue weighted by Crippen LogP contribution is -2.65. The standard InChI is InChI=1S/C29H46N5O9P/c1-19(2)9-5-8-16-31-26(37)24(18-25(30)36)33-28(39)29(14-6-4-7-15-29)34-27(38)23(32-20(3)35)17-21-10-12-22(13-11-21)43-44(40,41)42/h10-13,19,23-24H,4-9,14-18H2,1-3H3,(H2,30,36)(H,31,37)(H,32,35)(H,33,39)(H,34,38)(H2,40,41,42)/t23-,24-/m0/s1. The molecule has 2 atom stereocenters. The first-order valence-corrected chi connectivity index (χ1v) is 16.4. The topological polar surface area (TPSA) is 226 Å². The summed E-state index contributed by atoms with van der Waals surface area (Å²) < 4.78 is 15.6. The fourth-order valence-corrected chi connectivity index (χ4v) is 5.52. The van der Waals surface area contributed by atoms with E-state index in [4.69, 9.17) is 15.5 Å². The largest absolute Gasteiger partial charge is 0.524 e. The SMILES string of the molecule is CC(=O)N[C@@H](Cc1ccc(OP(=O)(O)O)cc1)C(=O)NC1(C(=O)N[C@@H](CC(N)=O)C(=O)NCCCCC(C)C)CCCCC1. The molecule has 1 aromatic rings. The number of phosphoric ester groups is 1. The Morgan fingerprint density at radius 1 is 0.955 bits per heavy atom. The molecular formula is C29H46N5O9P. The van der Waals surface area contributed by atoms with Crippen molar-refractivity contribution in [2.45, 2.75) is 103 Å². The summed E-state index contributed by atoms with van der Waals surface area (Å²) in [7, 11) is -4.75. The van der Waals surface area contributed by atoms with Crippen molar-refractivity contribution in [1.82, 2.24) is 21.3 Å². The summed E-state index contributed by atoms with van der Waals surface area (Å²) in [6.45, 7) is 5.85. The third-order valence-corrected chi connectivity index (χ3v) is 7.77. The van der Waals surface area contributed by atoms with E-state index in [1.54, 1.807) is 0 Å². The number of carbonyl (C=O) groups excluding carboxylic acids is 5. The van der Waals surface area contributed by atoms with Crippen molar-refractivity contribution >= 4 is 37.4 Å². The molecule has 2 rings (SSSR count). The van der Waals surface area contributed by atoms with Crippen LogP contribution in [0, 0.1) is 5.92 Å². The normalized spacial score (nSPS) is 15.9. The van der Waals surface area contributed by atoms with Crippen LogP contribution in [0.25, 0.3) is 0 Å². The number of hydrogen-bond acceptors (Lipinski definition) is 7. The zero-order valence-corrected chi connectivity index (χ0v) is 26.5. The van der Waals surface area contributed by atoms with E-state index in [9.17, 15) is 28.5 Å². The van der Waals surface area contributed by atoms with Crippen LogP contribution >= 0.6 is 7.82 Å². The van der Waals surface area contributed by atoms with Crippen molar-refractivity contribution in [2.75, 3.05) is 6.54 Å². The minimum atomic E-state index is -4.75. The van der Waals surface area contributed by atoms with E-state index in [1.807, 2.05) is 0 Å². The number of nitrogens with two attached hydrogens (primary N) is 1. The lowest BCUT2D eigenvalue weighted by molar-refractivity contribution is -0.139. The van der Waals surface area contributed by atoms with Crippen molar-refractivity contribution in [2.24, 2.45) is 11.7 Å². The van der Waals surface area contributed by atoms with E-state index in [0.29, 0.717) is 30.9 Å². The van der Waals surface area contributed by atoms with Gasteiger partial charge in [-0.05, 0) is 42.9 Å². The van der Waals surface area contributed by atoms with E-state index < -0.39 is 61.4 Å². The van der Waals surface area contributed by atoms with Crippen LogP contribution in [0.1, 0.15) is 84.1 Å². The van der Waals surface area contributed by atoms with Crippen LogP contribution in [-0.2, 0) is 35.0 Å². The molecule has 0 aliphatic heterocycles. The zero-order chi connectivity index (χ0) is 32.9. The number of nitrogens with one attached hydrogen (secondary N) is 4. The molecule has 0 saturated heterocycles. The fourth-order valence-electron chi connectivity index (χ4n) is 5.12. The van der Waals surface area contributed by atoms with Crippen LogP contribution in [0.3, 0.4) is 0 Å². The van der Waals surface area contributed by atoms with Crippen LogP contribution in [0.5, 0.6) is 5.75 Å². The second-order valence-electron chi connectivity index (χ2n) is 11.7. The molecule has 0 radical (unpaired) electrons. The number of amides is 5. The summed E-state index contributed by atoms with van der Waals surface area (Å²) in [5.41, 5.74) is 4.54. The molecule has 1 saturated carbocycles. The van der Waals surface area contributed by atoms with Crippen molar-refractivity contribution in [3.05, 3.63) is 29.8 Å². The first-order valence-electron chi connectivity index (χ1n) is 14.9. The van der Waals surface area contributed by atoms with Crippen molar-refractivity contribution in [3.8, 4) is 5.75 Å². The average Bonchev–Trinajstić information content (AvgIpc) is 2.92. The van der Waals surface area contributed by atoms with Gasteiger partial charge in [-0.15, -0.1) is 0 Å². The van der Waals surface area contributed by atoms with E-state index in [2.05, 4.69) is 39.6 Å². The molecule has 0 heterocycles. The molecule has 1 aliphatic rings. The molecule has 1 aliphatic carbocycles. The van der Waals surface area contributed by atoms with Gasteiger partial charge >= 0.3 is 7.82 Å². The third kappa shape index (κ3) is 13.0. The zero-order valence-electron chi connectivity index (χ0n) is 25.6. The highest BCUT2D eigenvalue weighted by Crippen LogP contribution is 2.37. The third-order valence-electron chi connectivity index (χ3n) is 7.32. The Labute approximate surface area is 257 Å². The molecule has 8 N–H and O–H groups in total. The average molecular weight is 640 g/mol. The highest BCUT2D eigenvalue weighted by atomic mass is 31.2. The molecule has 44 heavy (non-hydrogen) atoms. The monoisotopic (exact) mass is 639 g/mol. The van der Waals surface area contributed by atoms with Gasteiger partial charge in [0.15, 0.2) is 0 Å². The van der Waals surface area contributed by atoms with Crippen LogP contribution in [0.4, 0.5) is 0 Å². The first-order chi connectivity index (χ1) is 20.6. The minimum absolute atomic E-state index is 0.00280. The Balaban J connectivity index is 2.19. The molecule has 0 unspecified atom stereocenters. The predicted molar refractivity (Wildman–Crippen MR) is 162 cm³/mol. The summed E-state index contributed by atoms with van der Waals surface area (Å²) in [5.74, 6) is -2.58. The van der Waals surface area contributed by atoms with Gasteiger partial charge in [-0.3, -0.25) is 33.8 Å². The van der Waals surface area contributed by atoms with Gasteiger partial charge in [0, 0.05) is 19.9 Å². The maximum Gasteiger partial charge on any atom is 0.524 e. The molecule has 246 valence electrons. The number of benzene rings is 1. The van der Waals surface area contributed by atoms with E-state index in [-0.39, 0.29) is 25.0 Å². The number of rotatable bonds is 17. The van der Waals surface area contributed by atoms with Gasteiger partial charge in [0.25, 0.3) is 0 Å². The number of primary amides is 1. The predicted octanol–water partition coefficient (Wildman–Crippen LogP) is 1.33. The Bertz CT molecular complexity index is 1200. The summed E-state index contributed by atoms with van der Waals surface area (Å²) in [6, 6.07) is 3.31. The highest BCUT2D eigenvalue weighted by molar-refractivity contribution is 7.46. The summed E-state index contributed by atoms with van der Waals surface area (Å²) >= 11 is 0. The molecule has 15 heteroatoms. The van der Waals surface area contributed by atoms with Crippen molar-refractivity contribution in [1.29, 1.82) is 0 Å². The summed E-state index contributed by atoms with van der Waals surface area (Å²) in [6.07, 6.45) is 4.92. The molecule has 0 aromatic heterocycles. The summed E-state index contributed by atoms with van der Waals surface area (Å²) in [4.78, 5) is 82.0. The number of hydrogen-bond donors (Lipinski definition) is 7. The molecular weight excluding hydrogens is 593 g/mol. The molecule has 1 fully saturated rings. The highest BCUT2D eigenvalue weighted by Gasteiger charge is 2.43. The van der Waals surface area contributed by atoms with E-state index >= 15 is 0 Å². The second kappa shape index (κ2) is 17.1. The minimum Gasteiger partial charge on any atom is -0.404 e. The lowest BCUT2D eigenvalue weighted by Gasteiger charge is -2.38. The van der Waals surface area contributed by atoms with Crippen LogP contribution in [0.15, 0.2) is 24.3 Å². The molecule has 0 spiro atoms. The lowest BCUT2D eigenvalue weighted by atomic mass is 9.80. The quantitative estimate of drug-likeness (QED) is 0.0962. The number of phosphoric acid groups is 1. The Hall–Kier alpha value is -3.48. The van der Waals surface area contributed by atoms with Gasteiger partial charge in [-0.25, -0.2) is 4.57 Å². The van der Waals surface area contributed by atoms with Crippen LogP contribution in [0.2, 0.25) is 0 Å². The van der Waals surface area contributed by atoms with Gasteiger partial charge in [-0.1, -0.05) is 58.1 Å². The number of unbranched alkanes of at least 4 members (excludes halogenated alkanes) is 1. The van der Waals surface area contributed by atoms with Gasteiger partial charge in [0.05, 0.1) is 6.42 Å². The van der Waals surface area contributed by atoms with Gasteiger partial charge < -0.3 is 31.5 Å². The van der Waals surface area contributed by atoms with Gasteiger partial charge in [0.2, 0.25) is 29.5 Å². The first kappa shape index (κ1) is 36.7. The molecule has 14 nitrogen and oxygen atoms in total. The Morgan fingerprint density at radius 2 is 1.59 bits per heavy atom. The molecule has 1 aromatic carbocycles. The summed E-state index contributed by atoms with van der Waals surface area (Å²) in [5, 5.41) is 10.8. The van der Waals surface area contributed by atoms with Gasteiger partial charge in [-0.2, -0.15) is 0 Å². The van der Waals surface area contributed by atoms with E-state index in [0.717, 1.165) is 25.7 Å².